The fourth-order valence-electron chi connectivity index (χ4n) is 2.32. The van der Waals surface area contributed by atoms with E-state index in [1.165, 1.54) is 12.0 Å². The van der Waals surface area contributed by atoms with E-state index >= 15 is 0 Å². The first-order valence-electron chi connectivity index (χ1n) is 7.82. The molecule has 0 bridgehead atoms. The molecule has 0 spiro atoms. The molecule has 1 atom stereocenters. The van der Waals surface area contributed by atoms with Gasteiger partial charge in [0.25, 0.3) is 0 Å². The zero-order valence-corrected chi connectivity index (χ0v) is 14.6. The Bertz CT molecular complexity index is 741. The minimum Gasteiger partial charge on any atom is -0.465 e. The molecule has 1 unspecified atom stereocenters. The van der Waals surface area contributed by atoms with Crippen molar-refractivity contribution in [2.45, 2.75) is 12.5 Å². The van der Waals surface area contributed by atoms with Crippen molar-refractivity contribution in [1.82, 2.24) is 4.90 Å². The molecule has 0 aliphatic heterocycles. The second-order valence-corrected chi connectivity index (χ2v) is 5.81. The number of ether oxygens (including phenoxy) is 2. The number of hydrogen-bond donors (Lipinski definition) is 1. The van der Waals surface area contributed by atoms with Gasteiger partial charge in [-0.3, -0.25) is 4.79 Å². The summed E-state index contributed by atoms with van der Waals surface area (Å²) in [6.07, 6.45) is 0.426. The second-order valence-electron chi connectivity index (χ2n) is 5.81. The maximum Gasteiger partial charge on any atom is 0.337 e. The van der Waals surface area contributed by atoms with E-state index in [1.807, 2.05) is 24.3 Å². The second kappa shape index (κ2) is 8.30. The van der Waals surface area contributed by atoms with Crippen LogP contribution in [0.3, 0.4) is 0 Å². The van der Waals surface area contributed by atoms with E-state index in [-0.39, 0.29) is 5.91 Å². The molecule has 6 nitrogen and oxygen atoms in total. The van der Waals surface area contributed by atoms with Crippen LogP contribution in [0.2, 0.25) is 0 Å². The van der Waals surface area contributed by atoms with Crippen molar-refractivity contribution in [3.8, 4) is 11.5 Å². The number of carbonyl (C=O) groups is 2. The molecule has 2 N–H and O–H groups in total. The Morgan fingerprint density at radius 3 is 2.36 bits per heavy atom. The Kier molecular flexibility index (Phi) is 6.14. The van der Waals surface area contributed by atoms with Crippen molar-refractivity contribution >= 4 is 11.9 Å². The van der Waals surface area contributed by atoms with E-state index in [1.54, 1.807) is 38.4 Å². The molecular formula is C19H22N2O4. The number of esters is 1. The number of rotatable bonds is 6. The lowest BCUT2D eigenvalue weighted by Gasteiger charge is -2.17. The molecule has 0 heterocycles. The van der Waals surface area contributed by atoms with Crippen molar-refractivity contribution < 1.29 is 19.1 Å². The van der Waals surface area contributed by atoms with Gasteiger partial charge >= 0.3 is 5.97 Å². The largest absolute Gasteiger partial charge is 0.465 e. The van der Waals surface area contributed by atoms with Crippen LogP contribution in [0, 0.1) is 0 Å². The van der Waals surface area contributed by atoms with E-state index in [4.69, 9.17) is 10.5 Å². The van der Waals surface area contributed by atoms with Crippen LogP contribution < -0.4 is 10.5 Å². The number of carbonyl (C=O) groups excluding carboxylic acids is 2. The topological polar surface area (TPSA) is 81.9 Å². The highest BCUT2D eigenvalue weighted by atomic mass is 16.5. The molecular weight excluding hydrogens is 320 g/mol. The van der Waals surface area contributed by atoms with Crippen LogP contribution in [-0.2, 0) is 16.0 Å². The highest BCUT2D eigenvalue weighted by Gasteiger charge is 2.16. The zero-order chi connectivity index (χ0) is 18.4. The standard InChI is InChI=1S/C19H22N2O4/c1-21(2)18(22)17(20)12-13-5-4-6-16(11-13)25-15-9-7-14(8-10-15)19(23)24-3/h4-11,17H,12,20H2,1-3H3. The van der Waals surface area contributed by atoms with Gasteiger partial charge in [-0.25, -0.2) is 4.79 Å². The van der Waals surface area contributed by atoms with Gasteiger partial charge in [0.1, 0.15) is 11.5 Å². The Balaban J connectivity index is 2.06. The van der Waals surface area contributed by atoms with E-state index in [0.717, 1.165) is 5.56 Å². The predicted octanol–water partition coefficient (Wildman–Crippen LogP) is 2.22. The third-order valence-electron chi connectivity index (χ3n) is 3.62. The molecule has 0 aromatic heterocycles. The molecule has 132 valence electrons. The van der Waals surface area contributed by atoms with Gasteiger partial charge in [-0.1, -0.05) is 12.1 Å². The van der Waals surface area contributed by atoms with Crippen molar-refractivity contribution in [2.24, 2.45) is 5.73 Å². The van der Waals surface area contributed by atoms with Gasteiger partial charge in [0.2, 0.25) is 5.91 Å². The summed E-state index contributed by atoms with van der Waals surface area (Å²) >= 11 is 0. The highest BCUT2D eigenvalue weighted by molar-refractivity contribution is 5.89. The lowest BCUT2D eigenvalue weighted by molar-refractivity contribution is -0.130. The molecule has 6 heteroatoms. The van der Waals surface area contributed by atoms with Crippen LogP contribution in [0.4, 0.5) is 0 Å². The van der Waals surface area contributed by atoms with Gasteiger partial charge in [-0.05, 0) is 48.4 Å². The van der Waals surface area contributed by atoms with Gasteiger partial charge in [0, 0.05) is 14.1 Å². The fourth-order valence-corrected chi connectivity index (χ4v) is 2.32. The number of hydrogen-bond acceptors (Lipinski definition) is 5. The maximum atomic E-state index is 11.9. The number of benzene rings is 2. The SMILES string of the molecule is COC(=O)c1ccc(Oc2cccc(CC(N)C(=O)N(C)C)c2)cc1. The summed E-state index contributed by atoms with van der Waals surface area (Å²) in [6, 6.07) is 13.5. The van der Waals surface area contributed by atoms with E-state index in [0.29, 0.717) is 23.5 Å². The summed E-state index contributed by atoms with van der Waals surface area (Å²) in [5.74, 6) is 0.712. The molecule has 0 aliphatic rings. The molecule has 0 aliphatic carbocycles. The number of amides is 1. The average Bonchev–Trinajstić information content (AvgIpc) is 2.61. The first-order valence-corrected chi connectivity index (χ1v) is 7.82. The molecule has 2 aromatic carbocycles. The Morgan fingerprint density at radius 1 is 1.08 bits per heavy atom. The monoisotopic (exact) mass is 342 g/mol. The van der Waals surface area contributed by atoms with Crippen molar-refractivity contribution in [2.75, 3.05) is 21.2 Å². The number of nitrogens with zero attached hydrogens (tertiary/aromatic N) is 1. The quantitative estimate of drug-likeness (QED) is 0.814. The molecule has 0 fully saturated rings. The predicted molar refractivity (Wildman–Crippen MR) is 94.7 cm³/mol. The van der Waals surface area contributed by atoms with Crippen LogP contribution in [0.5, 0.6) is 11.5 Å². The molecule has 2 rings (SSSR count). The van der Waals surface area contributed by atoms with Crippen LogP contribution in [0.25, 0.3) is 0 Å². The number of methoxy groups -OCH3 is 1. The third kappa shape index (κ3) is 5.06. The smallest absolute Gasteiger partial charge is 0.337 e. The summed E-state index contributed by atoms with van der Waals surface area (Å²) in [7, 11) is 4.70. The van der Waals surface area contributed by atoms with Crippen molar-refractivity contribution in [3.63, 3.8) is 0 Å². The van der Waals surface area contributed by atoms with Crippen LogP contribution >= 0.6 is 0 Å². The fraction of sp³-hybridized carbons (Fsp3) is 0.263. The summed E-state index contributed by atoms with van der Waals surface area (Å²) in [4.78, 5) is 24.8. The lowest BCUT2D eigenvalue weighted by Crippen LogP contribution is -2.41. The minimum atomic E-state index is -0.593. The van der Waals surface area contributed by atoms with Crippen LogP contribution in [0.15, 0.2) is 48.5 Å². The Labute approximate surface area is 147 Å². The van der Waals surface area contributed by atoms with Gasteiger partial charge < -0.3 is 20.1 Å². The summed E-state index contributed by atoms with van der Waals surface area (Å²) < 4.78 is 10.4. The molecule has 1 amide bonds. The summed E-state index contributed by atoms with van der Waals surface area (Å²) in [5.41, 5.74) is 7.30. The first-order chi connectivity index (χ1) is 11.9. The Hall–Kier alpha value is -2.86. The number of nitrogens with two attached hydrogens (primary N) is 1. The Morgan fingerprint density at radius 2 is 1.76 bits per heavy atom. The van der Waals surface area contributed by atoms with Gasteiger partial charge in [0.05, 0.1) is 18.7 Å². The van der Waals surface area contributed by atoms with Gasteiger partial charge in [-0.15, -0.1) is 0 Å². The molecule has 0 radical (unpaired) electrons. The van der Waals surface area contributed by atoms with E-state index in [2.05, 4.69) is 4.74 Å². The van der Waals surface area contributed by atoms with E-state index in [9.17, 15) is 9.59 Å². The normalized spacial score (nSPS) is 11.5. The van der Waals surface area contributed by atoms with Gasteiger partial charge in [-0.2, -0.15) is 0 Å². The van der Waals surface area contributed by atoms with Crippen molar-refractivity contribution in [1.29, 1.82) is 0 Å². The van der Waals surface area contributed by atoms with E-state index < -0.39 is 12.0 Å². The molecule has 0 saturated heterocycles. The molecule has 2 aromatic rings. The van der Waals surface area contributed by atoms with Crippen LogP contribution in [0.1, 0.15) is 15.9 Å². The molecule has 0 saturated carbocycles. The van der Waals surface area contributed by atoms with Crippen LogP contribution in [-0.4, -0.2) is 44.0 Å². The summed E-state index contributed by atoms with van der Waals surface area (Å²) in [5, 5.41) is 0. The molecule has 25 heavy (non-hydrogen) atoms. The first kappa shape index (κ1) is 18.5. The summed E-state index contributed by atoms with van der Waals surface area (Å²) in [6.45, 7) is 0. The highest BCUT2D eigenvalue weighted by Crippen LogP contribution is 2.23. The van der Waals surface area contributed by atoms with Gasteiger partial charge in [0.15, 0.2) is 0 Å². The zero-order valence-electron chi connectivity index (χ0n) is 14.6. The average molecular weight is 342 g/mol. The lowest BCUT2D eigenvalue weighted by atomic mass is 10.1. The van der Waals surface area contributed by atoms with Crippen molar-refractivity contribution in [3.05, 3.63) is 59.7 Å². The third-order valence-corrected chi connectivity index (χ3v) is 3.62. The maximum absolute atomic E-state index is 11.9. The number of likely N-dealkylation sites (N-methyl/N-ethyl adjacent to an activating group) is 1. The minimum absolute atomic E-state index is 0.121.